The Morgan fingerprint density at radius 1 is 1.32 bits per heavy atom. The third kappa shape index (κ3) is 2.66. The third-order valence-electron chi connectivity index (χ3n) is 2.78. The quantitative estimate of drug-likeness (QED) is 0.921. The predicted octanol–water partition coefficient (Wildman–Crippen LogP) is 2.54. The smallest absolute Gasteiger partial charge is 0.294 e. The largest absolute Gasteiger partial charge is 0.455 e. The van der Waals surface area contributed by atoms with Crippen molar-refractivity contribution < 1.29 is 13.6 Å². The van der Waals surface area contributed by atoms with Crippen LogP contribution in [0.5, 0.6) is 0 Å². The molecule has 0 bridgehead atoms. The summed E-state index contributed by atoms with van der Waals surface area (Å²) in [4.78, 5) is 13.6. The van der Waals surface area contributed by atoms with Gasteiger partial charge in [-0.1, -0.05) is 12.1 Å². The summed E-state index contributed by atoms with van der Waals surface area (Å²) in [6.45, 7) is 2.34. The second kappa shape index (κ2) is 5.67. The summed E-state index contributed by atoms with van der Waals surface area (Å²) < 4.78 is 19.0. The van der Waals surface area contributed by atoms with Gasteiger partial charge in [-0.3, -0.25) is 4.79 Å². The highest BCUT2D eigenvalue weighted by Crippen LogP contribution is 2.21. The second-order valence-corrected chi connectivity index (χ2v) is 3.97. The monoisotopic (exact) mass is 262 g/mol. The van der Waals surface area contributed by atoms with Crippen LogP contribution < -0.4 is 10.6 Å². The van der Waals surface area contributed by atoms with E-state index in [0.717, 1.165) is 0 Å². The van der Waals surface area contributed by atoms with Gasteiger partial charge in [-0.05, 0) is 31.2 Å². The number of amides is 1. The SMILES string of the molecule is CCN(C(=O)c1ccc(CN)o1)c1ccccc1F. The fraction of sp³-hybridized carbons (Fsp3) is 0.214. The van der Waals surface area contributed by atoms with Crippen molar-refractivity contribution in [2.45, 2.75) is 13.5 Å². The lowest BCUT2D eigenvalue weighted by molar-refractivity contribution is 0.0959. The van der Waals surface area contributed by atoms with Gasteiger partial charge in [0.2, 0.25) is 0 Å². The van der Waals surface area contributed by atoms with Gasteiger partial charge >= 0.3 is 0 Å². The van der Waals surface area contributed by atoms with Gasteiger partial charge in [0, 0.05) is 6.54 Å². The Labute approximate surface area is 110 Å². The van der Waals surface area contributed by atoms with Crippen LogP contribution in [0, 0.1) is 5.82 Å². The first-order valence-corrected chi connectivity index (χ1v) is 6.02. The molecule has 2 rings (SSSR count). The molecule has 2 aromatic rings. The van der Waals surface area contributed by atoms with Gasteiger partial charge < -0.3 is 15.1 Å². The maximum Gasteiger partial charge on any atom is 0.294 e. The van der Waals surface area contributed by atoms with Gasteiger partial charge in [0.1, 0.15) is 11.6 Å². The molecule has 0 aliphatic rings. The van der Waals surface area contributed by atoms with E-state index in [1.165, 1.54) is 11.0 Å². The zero-order valence-corrected chi connectivity index (χ0v) is 10.6. The van der Waals surface area contributed by atoms with Crippen molar-refractivity contribution in [2.75, 3.05) is 11.4 Å². The lowest BCUT2D eigenvalue weighted by Gasteiger charge is -2.20. The van der Waals surface area contributed by atoms with Crippen LogP contribution in [0.2, 0.25) is 0 Å². The van der Waals surface area contributed by atoms with Crippen molar-refractivity contribution in [2.24, 2.45) is 5.73 Å². The molecule has 19 heavy (non-hydrogen) atoms. The zero-order chi connectivity index (χ0) is 13.8. The Morgan fingerprint density at radius 3 is 2.63 bits per heavy atom. The molecule has 1 aromatic carbocycles. The fourth-order valence-corrected chi connectivity index (χ4v) is 1.83. The Hall–Kier alpha value is -2.14. The Kier molecular flexibility index (Phi) is 3.97. The summed E-state index contributed by atoms with van der Waals surface area (Å²) in [5, 5.41) is 0. The number of rotatable bonds is 4. The number of carbonyl (C=O) groups is 1. The van der Waals surface area contributed by atoms with E-state index >= 15 is 0 Å². The molecule has 1 amide bonds. The summed E-state index contributed by atoms with van der Waals surface area (Å²) in [5.41, 5.74) is 5.67. The summed E-state index contributed by atoms with van der Waals surface area (Å²) in [7, 11) is 0. The van der Waals surface area contributed by atoms with E-state index in [9.17, 15) is 9.18 Å². The number of benzene rings is 1. The highest BCUT2D eigenvalue weighted by atomic mass is 19.1. The highest BCUT2D eigenvalue weighted by molar-refractivity contribution is 6.04. The fourth-order valence-electron chi connectivity index (χ4n) is 1.83. The molecule has 0 saturated heterocycles. The van der Waals surface area contributed by atoms with Gasteiger partial charge in [-0.25, -0.2) is 4.39 Å². The maximum atomic E-state index is 13.7. The Balaban J connectivity index is 2.32. The molecule has 0 atom stereocenters. The lowest BCUT2D eigenvalue weighted by Crippen LogP contribution is -2.31. The molecule has 5 heteroatoms. The number of hydrogen-bond acceptors (Lipinski definition) is 3. The van der Waals surface area contributed by atoms with E-state index < -0.39 is 5.82 Å². The molecule has 0 radical (unpaired) electrons. The van der Waals surface area contributed by atoms with Gasteiger partial charge in [0.15, 0.2) is 5.76 Å². The minimum Gasteiger partial charge on any atom is -0.455 e. The molecule has 0 spiro atoms. The van der Waals surface area contributed by atoms with Crippen molar-refractivity contribution in [3.63, 3.8) is 0 Å². The molecule has 4 nitrogen and oxygen atoms in total. The van der Waals surface area contributed by atoms with Crippen molar-refractivity contribution in [1.29, 1.82) is 0 Å². The predicted molar refractivity (Wildman–Crippen MR) is 70.3 cm³/mol. The molecule has 1 heterocycles. The lowest BCUT2D eigenvalue weighted by atomic mass is 10.2. The van der Waals surface area contributed by atoms with Crippen molar-refractivity contribution in [1.82, 2.24) is 0 Å². The van der Waals surface area contributed by atoms with Crippen LogP contribution in [0.15, 0.2) is 40.8 Å². The molecule has 0 aliphatic heterocycles. The van der Waals surface area contributed by atoms with Gasteiger partial charge in [0.05, 0.1) is 12.2 Å². The molecule has 0 fully saturated rings. The maximum absolute atomic E-state index is 13.7. The van der Waals surface area contributed by atoms with Crippen LogP contribution in [0.1, 0.15) is 23.2 Å². The number of para-hydroxylation sites is 1. The number of nitrogens with two attached hydrogens (primary N) is 1. The molecule has 0 saturated carbocycles. The van der Waals surface area contributed by atoms with E-state index in [0.29, 0.717) is 12.3 Å². The van der Waals surface area contributed by atoms with E-state index in [1.807, 2.05) is 0 Å². The van der Waals surface area contributed by atoms with Gasteiger partial charge in [-0.15, -0.1) is 0 Å². The van der Waals surface area contributed by atoms with Crippen LogP contribution in [-0.2, 0) is 6.54 Å². The first-order chi connectivity index (χ1) is 9.17. The van der Waals surface area contributed by atoms with Crippen molar-refractivity contribution in [3.05, 3.63) is 53.7 Å². The number of anilines is 1. The third-order valence-corrected chi connectivity index (χ3v) is 2.78. The molecular weight excluding hydrogens is 247 g/mol. The number of nitrogens with zero attached hydrogens (tertiary/aromatic N) is 1. The number of furan rings is 1. The van der Waals surface area contributed by atoms with E-state index in [2.05, 4.69) is 0 Å². The first kappa shape index (κ1) is 13.3. The molecule has 0 aliphatic carbocycles. The standard InChI is InChI=1S/C14H15FN2O2/c1-2-17(12-6-4-3-5-11(12)15)14(18)13-8-7-10(9-16)19-13/h3-8H,2,9,16H2,1H3. The summed E-state index contributed by atoms with van der Waals surface area (Å²) in [6.07, 6.45) is 0. The summed E-state index contributed by atoms with van der Waals surface area (Å²) in [5.74, 6) is -0.144. The number of carbonyl (C=O) groups excluding carboxylic acids is 1. The van der Waals surface area contributed by atoms with Crippen LogP contribution in [-0.4, -0.2) is 12.5 Å². The van der Waals surface area contributed by atoms with Crippen LogP contribution in [0.3, 0.4) is 0 Å². The van der Waals surface area contributed by atoms with E-state index in [1.54, 1.807) is 37.3 Å². The number of halogens is 1. The summed E-state index contributed by atoms with van der Waals surface area (Å²) in [6, 6.07) is 9.33. The Morgan fingerprint density at radius 2 is 2.05 bits per heavy atom. The van der Waals surface area contributed by atoms with Crippen molar-refractivity contribution in [3.8, 4) is 0 Å². The summed E-state index contributed by atoms with van der Waals surface area (Å²) >= 11 is 0. The molecule has 2 N–H and O–H groups in total. The van der Waals surface area contributed by atoms with Crippen LogP contribution in [0.25, 0.3) is 0 Å². The molecular formula is C14H15FN2O2. The topological polar surface area (TPSA) is 59.5 Å². The van der Waals surface area contributed by atoms with Crippen LogP contribution in [0.4, 0.5) is 10.1 Å². The van der Waals surface area contributed by atoms with E-state index in [-0.39, 0.29) is 23.9 Å². The average Bonchev–Trinajstić information content (AvgIpc) is 2.90. The normalized spacial score (nSPS) is 10.5. The average molecular weight is 262 g/mol. The molecule has 1 aromatic heterocycles. The van der Waals surface area contributed by atoms with E-state index in [4.69, 9.17) is 10.2 Å². The van der Waals surface area contributed by atoms with Crippen LogP contribution >= 0.6 is 0 Å². The minimum atomic E-state index is -0.441. The highest BCUT2D eigenvalue weighted by Gasteiger charge is 2.21. The first-order valence-electron chi connectivity index (χ1n) is 6.02. The molecule has 0 unspecified atom stereocenters. The number of hydrogen-bond donors (Lipinski definition) is 1. The Bertz CT molecular complexity index is 580. The molecule has 100 valence electrons. The van der Waals surface area contributed by atoms with Gasteiger partial charge in [-0.2, -0.15) is 0 Å². The zero-order valence-electron chi connectivity index (χ0n) is 10.6. The minimum absolute atomic E-state index is 0.158. The van der Waals surface area contributed by atoms with Crippen molar-refractivity contribution >= 4 is 11.6 Å². The second-order valence-electron chi connectivity index (χ2n) is 3.97. The van der Waals surface area contributed by atoms with Gasteiger partial charge in [0.25, 0.3) is 5.91 Å².